The van der Waals surface area contributed by atoms with Crippen molar-refractivity contribution >= 4 is 17.7 Å². The Morgan fingerprint density at radius 1 is 1.24 bits per heavy atom. The molecule has 2 aromatic heterocycles. The highest BCUT2D eigenvalue weighted by Gasteiger charge is 2.41. The number of hydrogen-bond donors (Lipinski definition) is 1. The number of amides is 1. The predicted octanol–water partition coefficient (Wildman–Crippen LogP) is 3.94. The van der Waals surface area contributed by atoms with Crippen LogP contribution in [0.1, 0.15) is 55.6 Å². The zero-order valence-electron chi connectivity index (χ0n) is 18.7. The van der Waals surface area contributed by atoms with Gasteiger partial charge in [0, 0.05) is 24.7 Å². The second-order valence-corrected chi connectivity index (χ2v) is 8.97. The molecule has 33 heavy (non-hydrogen) atoms. The number of furan rings is 1. The first kappa shape index (κ1) is 24.5. The van der Waals surface area contributed by atoms with Crippen molar-refractivity contribution in [1.82, 2.24) is 14.9 Å². The third-order valence-electron chi connectivity index (χ3n) is 5.28. The van der Waals surface area contributed by atoms with Crippen LogP contribution in [0.5, 0.6) is 0 Å². The number of piperidine rings is 1. The first-order valence-electron chi connectivity index (χ1n) is 10.6. The number of aromatic nitrogens is 2. The van der Waals surface area contributed by atoms with E-state index in [1.54, 1.807) is 23.3 Å². The molecule has 3 heterocycles. The number of hydrogen-bond acceptors (Lipinski definition) is 7. The summed E-state index contributed by atoms with van der Waals surface area (Å²) in [5, 5.41) is 3.15. The smallest absolute Gasteiger partial charge is 0.467 e. The van der Waals surface area contributed by atoms with Crippen LogP contribution in [0.3, 0.4) is 0 Å². The van der Waals surface area contributed by atoms with E-state index in [1.807, 2.05) is 20.8 Å². The lowest BCUT2D eigenvalue weighted by Gasteiger charge is -2.32. The number of rotatable bonds is 6. The molecular formula is C22H27F3N4O4. The van der Waals surface area contributed by atoms with Crippen LogP contribution >= 0.6 is 0 Å². The van der Waals surface area contributed by atoms with Crippen LogP contribution in [0.25, 0.3) is 0 Å². The van der Waals surface area contributed by atoms with Crippen molar-refractivity contribution in [2.45, 2.75) is 51.7 Å². The quantitative estimate of drug-likeness (QED) is 0.642. The van der Waals surface area contributed by atoms with Gasteiger partial charge in [-0.1, -0.05) is 20.8 Å². The van der Waals surface area contributed by atoms with Crippen molar-refractivity contribution in [2.75, 3.05) is 25.0 Å². The van der Waals surface area contributed by atoms with Crippen molar-refractivity contribution in [1.29, 1.82) is 0 Å². The van der Waals surface area contributed by atoms with E-state index >= 15 is 0 Å². The summed E-state index contributed by atoms with van der Waals surface area (Å²) >= 11 is 0. The van der Waals surface area contributed by atoms with Gasteiger partial charge in [0.05, 0.1) is 19.4 Å². The Labute approximate surface area is 189 Å². The Bertz CT molecular complexity index is 963. The molecule has 0 atom stereocenters. The second-order valence-electron chi connectivity index (χ2n) is 8.97. The van der Waals surface area contributed by atoms with Gasteiger partial charge in [0.2, 0.25) is 0 Å². The summed E-state index contributed by atoms with van der Waals surface area (Å²) in [6, 6.07) is 3.57. The molecule has 1 saturated heterocycles. The average molecular weight is 468 g/mol. The van der Waals surface area contributed by atoms with Gasteiger partial charge in [0.15, 0.2) is 0 Å². The van der Waals surface area contributed by atoms with Crippen LogP contribution in [0, 0.1) is 5.92 Å². The number of halogens is 3. The van der Waals surface area contributed by atoms with Crippen LogP contribution in [0.2, 0.25) is 0 Å². The highest BCUT2D eigenvalue weighted by molar-refractivity contribution is 5.98. The first-order chi connectivity index (χ1) is 15.4. The molecule has 11 heteroatoms. The van der Waals surface area contributed by atoms with Crippen LogP contribution in [0.4, 0.5) is 19.0 Å². The van der Waals surface area contributed by atoms with Gasteiger partial charge in [-0.25, -0.2) is 14.8 Å². The molecule has 0 unspecified atom stereocenters. The lowest BCUT2D eigenvalue weighted by Crippen LogP contribution is -2.40. The fourth-order valence-corrected chi connectivity index (χ4v) is 3.37. The van der Waals surface area contributed by atoms with Gasteiger partial charge in [0.25, 0.3) is 5.91 Å². The minimum Gasteiger partial charge on any atom is -0.467 e. The van der Waals surface area contributed by atoms with Crippen LogP contribution in [-0.2, 0) is 21.5 Å². The normalized spacial score (nSPS) is 15.4. The fourth-order valence-electron chi connectivity index (χ4n) is 3.37. The maximum absolute atomic E-state index is 13.2. The molecule has 1 fully saturated rings. The molecule has 0 bridgehead atoms. The SMILES string of the molecule is CC(C)(C)c1ncc(C(=O)N2CCC(COC(=O)C(F)(F)F)CC2)c(NCc2ccco2)n1. The summed E-state index contributed by atoms with van der Waals surface area (Å²) in [4.78, 5) is 34.7. The molecule has 0 radical (unpaired) electrons. The van der Waals surface area contributed by atoms with Gasteiger partial charge in [-0.05, 0) is 30.9 Å². The Kier molecular flexibility index (Phi) is 7.28. The Morgan fingerprint density at radius 2 is 1.94 bits per heavy atom. The number of esters is 1. The zero-order valence-corrected chi connectivity index (χ0v) is 18.7. The number of ether oxygens (including phenoxy) is 1. The van der Waals surface area contributed by atoms with E-state index in [1.165, 1.54) is 6.20 Å². The molecule has 0 saturated carbocycles. The summed E-state index contributed by atoms with van der Waals surface area (Å²) in [6.07, 6.45) is -1.10. The van der Waals surface area contributed by atoms with Crippen molar-refractivity contribution in [3.05, 3.63) is 41.7 Å². The Morgan fingerprint density at radius 3 is 2.52 bits per heavy atom. The molecule has 3 rings (SSSR count). The molecule has 0 spiro atoms. The third kappa shape index (κ3) is 6.45. The molecule has 1 amide bonds. The van der Waals surface area contributed by atoms with Crippen molar-refractivity contribution in [3.63, 3.8) is 0 Å². The van der Waals surface area contributed by atoms with E-state index in [0.29, 0.717) is 55.4 Å². The summed E-state index contributed by atoms with van der Waals surface area (Å²) in [7, 11) is 0. The minimum atomic E-state index is -5.01. The molecule has 8 nitrogen and oxygen atoms in total. The van der Waals surface area contributed by atoms with Crippen molar-refractivity contribution < 1.29 is 31.9 Å². The number of likely N-dealkylation sites (tertiary alicyclic amines) is 1. The van der Waals surface area contributed by atoms with Gasteiger partial charge >= 0.3 is 12.1 Å². The van der Waals surface area contributed by atoms with E-state index in [2.05, 4.69) is 20.0 Å². The molecular weight excluding hydrogens is 441 g/mol. The summed E-state index contributed by atoms with van der Waals surface area (Å²) in [5.74, 6) is -1.06. The van der Waals surface area contributed by atoms with E-state index < -0.39 is 12.1 Å². The monoisotopic (exact) mass is 468 g/mol. The highest BCUT2D eigenvalue weighted by atomic mass is 19.4. The van der Waals surface area contributed by atoms with Crippen LogP contribution in [-0.4, -0.2) is 52.6 Å². The molecule has 1 aliphatic heterocycles. The molecule has 1 N–H and O–H groups in total. The highest BCUT2D eigenvalue weighted by Crippen LogP contribution is 2.26. The topological polar surface area (TPSA) is 97.6 Å². The second kappa shape index (κ2) is 9.80. The van der Waals surface area contributed by atoms with Gasteiger partial charge in [-0.3, -0.25) is 4.79 Å². The number of nitrogens with one attached hydrogen (secondary N) is 1. The van der Waals surface area contributed by atoms with Crippen molar-refractivity contribution in [3.8, 4) is 0 Å². The standard InChI is InChI=1S/C22H27F3N4O4/c1-21(2,3)19-27-12-16(17(28-19)26-11-15-5-4-10-32-15)18(30)29-8-6-14(7-9-29)13-33-20(31)22(23,24)25/h4-5,10,12,14H,6-9,11,13H2,1-3H3,(H,26,27,28). The maximum atomic E-state index is 13.2. The van der Waals surface area contributed by atoms with Gasteiger partial charge in [0.1, 0.15) is 23.0 Å². The molecule has 0 aromatic carbocycles. The van der Waals surface area contributed by atoms with Gasteiger partial charge in [-0.15, -0.1) is 0 Å². The lowest BCUT2D eigenvalue weighted by molar-refractivity contribution is -0.201. The van der Waals surface area contributed by atoms with Gasteiger partial charge < -0.3 is 19.4 Å². The zero-order chi connectivity index (χ0) is 24.2. The third-order valence-corrected chi connectivity index (χ3v) is 5.28. The number of carbonyl (C=O) groups excluding carboxylic acids is 2. The van der Waals surface area contributed by atoms with Gasteiger partial charge in [-0.2, -0.15) is 13.2 Å². The van der Waals surface area contributed by atoms with Crippen LogP contribution in [0.15, 0.2) is 29.0 Å². The van der Waals surface area contributed by atoms with Crippen LogP contribution < -0.4 is 5.32 Å². The molecule has 180 valence electrons. The molecule has 0 aliphatic carbocycles. The average Bonchev–Trinajstić information content (AvgIpc) is 3.28. The minimum absolute atomic E-state index is 0.239. The van der Waals surface area contributed by atoms with E-state index in [9.17, 15) is 22.8 Å². The molecule has 1 aliphatic rings. The largest absolute Gasteiger partial charge is 0.490 e. The molecule has 2 aromatic rings. The predicted molar refractivity (Wildman–Crippen MR) is 112 cm³/mol. The summed E-state index contributed by atoms with van der Waals surface area (Å²) in [5.41, 5.74) is -0.0222. The first-order valence-corrected chi connectivity index (χ1v) is 10.6. The van der Waals surface area contributed by atoms with E-state index in [0.717, 1.165) is 0 Å². The van der Waals surface area contributed by atoms with Crippen molar-refractivity contribution in [2.24, 2.45) is 5.92 Å². The maximum Gasteiger partial charge on any atom is 0.490 e. The fraction of sp³-hybridized carbons (Fsp3) is 0.545. The van der Waals surface area contributed by atoms with E-state index in [4.69, 9.17) is 4.42 Å². The number of anilines is 1. The Balaban J connectivity index is 1.66. The summed E-state index contributed by atoms with van der Waals surface area (Å²) < 4.78 is 46.6. The number of alkyl halides is 3. The summed E-state index contributed by atoms with van der Waals surface area (Å²) in [6.45, 7) is 6.57. The number of carbonyl (C=O) groups is 2. The van der Waals surface area contributed by atoms with E-state index in [-0.39, 0.29) is 23.8 Å². The Hall–Kier alpha value is -3.11. The lowest BCUT2D eigenvalue weighted by atomic mass is 9.95. The number of nitrogens with zero attached hydrogens (tertiary/aromatic N) is 3.